The summed E-state index contributed by atoms with van der Waals surface area (Å²) in [6.07, 6.45) is -4.56. The van der Waals surface area contributed by atoms with Crippen LogP contribution in [0, 0.1) is 5.92 Å². The van der Waals surface area contributed by atoms with E-state index in [1.807, 2.05) is 6.07 Å². The number of benzene rings is 2. The molecule has 0 bridgehead atoms. The molecular formula is C19H17F3O4. The Hall–Kier alpha value is -2.83. The first-order chi connectivity index (χ1) is 12.3. The van der Waals surface area contributed by atoms with E-state index in [2.05, 4.69) is 4.74 Å². The molecule has 2 rings (SSSR count). The van der Waals surface area contributed by atoms with E-state index in [1.54, 1.807) is 24.3 Å². The molecule has 0 aliphatic carbocycles. The van der Waals surface area contributed by atoms with Crippen molar-refractivity contribution in [2.24, 2.45) is 5.92 Å². The minimum absolute atomic E-state index is 0.0137. The molecule has 0 aliphatic heterocycles. The van der Waals surface area contributed by atoms with Gasteiger partial charge >= 0.3 is 18.1 Å². The number of rotatable bonds is 6. The number of carbonyl (C=O) groups is 2. The Labute approximate surface area is 148 Å². The first-order valence-electron chi connectivity index (χ1n) is 7.76. The van der Waals surface area contributed by atoms with Crippen LogP contribution in [0.5, 0.6) is 0 Å². The van der Waals surface area contributed by atoms with Crippen molar-refractivity contribution in [2.45, 2.75) is 19.2 Å². The lowest BCUT2D eigenvalue weighted by Gasteiger charge is -2.15. The molecule has 1 unspecified atom stereocenters. The first-order valence-corrected chi connectivity index (χ1v) is 7.76. The number of esters is 2. The molecule has 1 atom stereocenters. The zero-order valence-electron chi connectivity index (χ0n) is 14.0. The van der Waals surface area contributed by atoms with E-state index in [9.17, 15) is 22.8 Å². The van der Waals surface area contributed by atoms with Crippen LogP contribution in [0.4, 0.5) is 13.2 Å². The van der Waals surface area contributed by atoms with Crippen molar-refractivity contribution >= 4 is 11.9 Å². The van der Waals surface area contributed by atoms with Crippen molar-refractivity contribution in [2.75, 3.05) is 7.11 Å². The SMILES string of the molecule is COC(=O)C(Cc1ccc(C(F)(F)F)cc1)C(=O)OCc1ccccc1. The summed E-state index contributed by atoms with van der Waals surface area (Å²) in [5.74, 6) is -2.84. The normalized spacial score (nSPS) is 12.3. The van der Waals surface area contributed by atoms with E-state index < -0.39 is 29.6 Å². The minimum Gasteiger partial charge on any atom is -0.468 e. The quantitative estimate of drug-likeness (QED) is 0.577. The van der Waals surface area contributed by atoms with Crippen LogP contribution in [0.1, 0.15) is 16.7 Å². The van der Waals surface area contributed by atoms with Gasteiger partial charge in [-0.1, -0.05) is 42.5 Å². The topological polar surface area (TPSA) is 52.6 Å². The predicted molar refractivity (Wildman–Crippen MR) is 86.9 cm³/mol. The van der Waals surface area contributed by atoms with E-state index in [1.165, 1.54) is 12.1 Å². The molecule has 0 heterocycles. The molecule has 0 N–H and O–H groups in total. The van der Waals surface area contributed by atoms with Gasteiger partial charge in [-0.05, 0) is 29.7 Å². The molecule has 0 saturated heterocycles. The maximum absolute atomic E-state index is 12.6. The molecule has 2 aromatic carbocycles. The number of halogens is 3. The molecule has 0 aromatic heterocycles. The smallest absolute Gasteiger partial charge is 0.416 e. The van der Waals surface area contributed by atoms with Crippen molar-refractivity contribution in [1.29, 1.82) is 0 Å². The first kappa shape index (κ1) is 19.5. The summed E-state index contributed by atoms with van der Waals surface area (Å²) in [5.41, 5.74) is 0.339. The van der Waals surface area contributed by atoms with Gasteiger partial charge in [-0.15, -0.1) is 0 Å². The van der Waals surface area contributed by atoms with E-state index in [-0.39, 0.29) is 13.0 Å². The highest BCUT2D eigenvalue weighted by molar-refractivity contribution is 5.95. The maximum Gasteiger partial charge on any atom is 0.416 e. The van der Waals surface area contributed by atoms with Crippen LogP contribution in [0.15, 0.2) is 54.6 Å². The highest BCUT2D eigenvalue weighted by atomic mass is 19.4. The molecule has 0 radical (unpaired) electrons. The van der Waals surface area contributed by atoms with Gasteiger partial charge in [-0.25, -0.2) is 0 Å². The Morgan fingerprint density at radius 1 is 0.923 bits per heavy atom. The summed E-state index contributed by atoms with van der Waals surface area (Å²) in [7, 11) is 1.13. The maximum atomic E-state index is 12.6. The van der Waals surface area contributed by atoms with Gasteiger partial charge in [0.25, 0.3) is 0 Å². The molecule has 2 aromatic rings. The molecular weight excluding hydrogens is 349 g/mol. The van der Waals surface area contributed by atoms with Crippen molar-refractivity contribution in [3.8, 4) is 0 Å². The molecule has 0 fully saturated rings. The van der Waals surface area contributed by atoms with E-state index >= 15 is 0 Å². The van der Waals surface area contributed by atoms with Crippen LogP contribution in [0.2, 0.25) is 0 Å². The summed E-state index contributed by atoms with van der Waals surface area (Å²) in [5, 5.41) is 0. The van der Waals surface area contributed by atoms with E-state index in [4.69, 9.17) is 4.74 Å². The molecule has 4 nitrogen and oxygen atoms in total. The largest absolute Gasteiger partial charge is 0.468 e. The summed E-state index contributed by atoms with van der Waals surface area (Å²) < 4.78 is 47.6. The van der Waals surface area contributed by atoms with Crippen molar-refractivity contribution in [3.05, 3.63) is 71.3 Å². The fraction of sp³-hybridized carbons (Fsp3) is 0.263. The third-order valence-electron chi connectivity index (χ3n) is 3.72. The Bertz CT molecular complexity index is 740. The second kappa shape index (κ2) is 8.51. The minimum atomic E-state index is -4.45. The van der Waals surface area contributed by atoms with Crippen LogP contribution in [0.3, 0.4) is 0 Å². The summed E-state index contributed by atoms with van der Waals surface area (Å²) in [6.45, 7) is -0.0137. The van der Waals surface area contributed by atoms with Gasteiger partial charge in [0.15, 0.2) is 5.92 Å². The third kappa shape index (κ3) is 5.34. The van der Waals surface area contributed by atoms with Gasteiger partial charge in [0, 0.05) is 0 Å². The molecule has 0 saturated carbocycles. The monoisotopic (exact) mass is 366 g/mol. The number of ether oxygens (including phenoxy) is 2. The van der Waals surface area contributed by atoms with Gasteiger partial charge in [0.05, 0.1) is 12.7 Å². The second-order valence-corrected chi connectivity index (χ2v) is 5.57. The van der Waals surface area contributed by atoms with Crippen LogP contribution in [-0.2, 0) is 38.3 Å². The standard InChI is InChI=1S/C19H17F3O4/c1-25-17(23)16(18(24)26-12-14-5-3-2-4-6-14)11-13-7-9-15(10-8-13)19(20,21)22/h2-10,16H,11-12H2,1H3. The van der Waals surface area contributed by atoms with Crippen molar-refractivity contribution in [1.82, 2.24) is 0 Å². The van der Waals surface area contributed by atoms with Crippen molar-refractivity contribution in [3.63, 3.8) is 0 Å². The predicted octanol–water partition coefficient (Wildman–Crippen LogP) is 3.78. The number of methoxy groups -OCH3 is 1. The lowest BCUT2D eigenvalue weighted by molar-refractivity contribution is -0.161. The zero-order valence-corrected chi connectivity index (χ0v) is 14.0. The van der Waals surface area contributed by atoms with Crippen LogP contribution in [0.25, 0.3) is 0 Å². The fourth-order valence-electron chi connectivity index (χ4n) is 2.30. The lowest BCUT2D eigenvalue weighted by atomic mass is 9.98. The summed E-state index contributed by atoms with van der Waals surface area (Å²) in [4.78, 5) is 24.1. The van der Waals surface area contributed by atoms with Gasteiger partial charge in [0.2, 0.25) is 0 Å². The summed E-state index contributed by atoms with van der Waals surface area (Å²) in [6, 6.07) is 13.1. The molecule has 0 aliphatic rings. The van der Waals surface area contributed by atoms with Crippen LogP contribution >= 0.6 is 0 Å². The average Bonchev–Trinajstić information content (AvgIpc) is 2.64. The Balaban J connectivity index is 2.07. The Kier molecular flexibility index (Phi) is 6.38. The number of alkyl halides is 3. The molecule has 138 valence electrons. The van der Waals surface area contributed by atoms with Crippen LogP contribution in [-0.4, -0.2) is 19.0 Å². The van der Waals surface area contributed by atoms with E-state index in [0.29, 0.717) is 5.56 Å². The lowest BCUT2D eigenvalue weighted by Crippen LogP contribution is -2.29. The summed E-state index contributed by atoms with van der Waals surface area (Å²) >= 11 is 0. The average molecular weight is 366 g/mol. The van der Waals surface area contributed by atoms with E-state index in [0.717, 1.165) is 24.8 Å². The molecule has 7 heteroatoms. The third-order valence-corrected chi connectivity index (χ3v) is 3.72. The van der Waals surface area contributed by atoms with Crippen molar-refractivity contribution < 1.29 is 32.2 Å². The highest BCUT2D eigenvalue weighted by Crippen LogP contribution is 2.29. The van der Waals surface area contributed by atoms with Gasteiger partial charge in [0.1, 0.15) is 6.61 Å². The Morgan fingerprint density at radius 3 is 2.08 bits per heavy atom. The van der Waals surface area contributed by atoms with Gasteiger partial charge in [-0.3, -0.25) is 9.59 Å². The number of hydrogen-bond donors (Lipinski definition) is 0. The Morgan fingerprint density at radius 2 is 1.54 bits per heavy atom. The molecule has 0 spiro atoms. The highest BCUT2D eigenvalue weighted by Gasteiger charge is 2.32. The van der Waals surface area contributed by atoms with Gasteiger partial charge < -0.3 is 9.47 Å². The fourth-order valence-corrected chi connectivity index (χ4v) is 2.30. The van der Waals surface area contributed by atoms with Gasteiger partial charge in [-0.2, -0.15) is 13.2 Å². The number of carbonyl (C=O) groups excluding carboxylic acids is 2. The molecule has 0 amide bonds. The number of hydrogen-bond acceptors (Lipinski definition) is 4. The zero-order chi connectivity index (χ0) is 19.2. The molecule has 26 heavy (non-hydrogen) atoms. The van der Waals surface area contributed by atoms with Crippen LogP contribution < -0.4 is 0 Å². The second-order valence-electron chi connectivity index (χ2n) is 5.57.